The number of pyridine rings is 1. The van der Waals surface area contributed by atoms with Crippen molar-refractivity contribution in [3.63, 3.8) is 0 Å². The second kappa shape index (κ2) is 8.02. The Morgan fingerprint density at radius 3 is 2.57 bits per heavy atom. The van der Waals surface area contributed by atoms with E-state index in [1.807, 2.05) is 24.3 Å². The number of aromatic nitrogens is 2. The summed E-state index contributed by atoms with van der Waals surface area (Å²) >= 11 is 5.89. The van der Waals surface area contributed by atoms with Crippen molar-refractivity contribution in [2.75, 3.05) is 0 Å². The Morgan fingerprint density at radius 1 is 1.07 bits per heavy atom. The minimum absolute atomic E-state index is 0.190. The molecule has 2 heterocycles. The van der Waals surface area contributed by atoms with Gasteiger partial charge >= 0.3 is 0 Å². The number of benzene rings is 1. The lowest BCUT2D eigenvalue weighted by Crippen LogP contribution is -2.33. The van der Waals surface area contributed by atoms with Gasteiger partial charge in [0.1, 0.15) is 0 Å². The second-order valence-electron chi connectivity index (χ2n) is 7.00. The van der Waals surface area contributed by atoms with Crippen LogP contribution in [-0.4, -0.2) is 27.2 Å². The summed E-state index contributed by atoms with van der Waals surface area (Å²) < 4.78 is 1.65. The summed E-state index contributed by atoms with van der Waals surface area (Å²) in [5.41, 5.74) is 1.83. The predicted octanol–water partition coefficient (Wildman–Crippen LogP) is 3.59. The summed E-state index contributed by atoms with van der Waals surface area (Å²) in [5, 5.41) is 6.54. The lowest BCUT2D eigenvalue weighted by molar-refractivity contribution is 0.0935. The van der Waals surface area contributed by atoms with E-state index in [1.165, 1.54) is 0 Å². The van der Waals surface area contributed by atoms with E-state index in [-0.39, 0.29) is 29.4 Å². The van der Waals surface area contributed by atoms with Crippen LogP contribution in [-0.2, 0) is 6.54 Å². The molecule has 2 amide bonds. The second-order valence-corrected chi connectivity index (χ2v) is 7.44. The van der Waals surface area contributed by atoms with Crippen LogP contribution in [0.1, 0.15) is 52.4 Å². The molecule has 4 rings (SSSR count). The maximum absolute atomic E-state index is 12.7. The molecule has 7 heteroatoms. The van der Waals surface area contributed by atoms with E-state index in [1.54, 1.807) is 28.8 Å². The molecule has 0 aliphatic heterocycles. The van der Waals surface area contributed by atoms with Gasteiger partial charge in [-0.3, -0.25) is 14.0 Å². The van der Waals surface area contributed by atoms with E-state index < -0.39 is 0 Å². The van der Waals surface area contributed by atoms with Crippen LogP contribution in [0, 0.1) is 0 Å². The van der Waals surface area contributed by atoms with Crippen molar-refractivity contribution in [1.82, 2.24) is 20.0 Å². The van der Waals surface area contributed by atoms with E-state index in [4.69, 9.17) is 11.6 Å². The third-order valence-electron chi connectivity index (χ3n) is 5.02. The molecule has 6 nitrogen and oxygen atoms in total. The van der Waals surface area contributed by atoms with Gasteiger partial charge < -0.3 is 10.6 Å². The zero-order chi connectivity index (χ0) is 19.5. The van der Waals surface area contributed by atoms with Crippen molar-refractivity contribution in [3.05, 3.63) is 70.8 Å². The lowest BCUT2D eigenvalue weighted by Gasteiger charge is -2.10. The maximum atomic E-state index is 12.7. The molecule has 1 aliphatic carbocycles. The third-order valence-corrected chi connectivity index (χ3v) is 5.28. The Morgan fingerprint density at radius 2 is 1.82 bits per heavy atom. The van der Waals surface area contributed by atoms with Gasteiger partial charge in [0.2, 0.25) is 5.82 Å². The van der Waals surface area contributed by atoms with Crippen LogP contribution in [0.2, 0.25) is 5.02 Å². The fourth-order valence-electron chi connectivity index (χ4n) is 3.55. The van der Waals surface area contributed by atoms with Gasteiger partial charge in [-0.05, 0) is 42.7 Å². The number of carbonyl (C=O) groups excluding carboxylic acids is 2. The van der Waals surface area contributed by atoms with E-state index in [0.717, 1.165) is 31.2 Å². The van der Waals surface area contributed by atoms with Gasteiger partial charge in [0.25, 0.3) is 11.8 Å². The number of rotatable bonds is 5. The van der Waals surface area contributed by atoms with Crippen LogP contribution in [0.25, 0.3) is 5.52 Å². The number of hydrogen-bond acceptors (Lipinski definition) is 3. The molecular formula is C21H21ClN4O2. The third kappa shape index (κ3) is 3.87. The normalized spacial score (nSPS) is 14.3. The molecule has 0 unspecified atom stereocenters. The van der Waals surface area contributed by atoms with E-state index in [9.17, 15) is 9.59 Å². The van der Waals surface area contributed by atoms with Gasteiger partial charge in [-0.2, -0.15) is 0 Å². The first-order chi connectivity index (χ1) is 13.6. The summed E-state index contributed by atoms with van der Waals surface area (Å²) in [4.78, 5) is 29.8. The largest absolute Gasteiger partial charge is 0.348 e. The zero-order valence-electron chi connectivity index (χ0n) is 15.3. The number of imidazole rings is 1. The van der Waals surface area contributed by atoms with Crippen molar-refractivity contribution in [3.8, 4) is 0 Å². The monoisotopic (exact) mass is 396 g/mol. The molecule has 1 aromatic carbocycles. The molecule has 0 atom stereocenters. The Kier molecular flexibility index (Phi) is 5.30. The highest BCUT2D eigenvalue weighted by Gasteiger charge is 2.24. The smallest absolute Gasteiger partial charge is 0.287 e. The highest BCUT2D eigenvalue weighted by Crippen LogP contribution is 2.19. The maximum Gasteiger partial charge on any atom is 0.287 e. The van der Waals surface area contributed by atoms with Crippen LogP contribution in [0.3, 0.4) is 0 Å². The van der Waals surface area contributed by atoms with Crippen molar-refractivity contribution < 1.29 is 9.59 Å². The number of halogens is 1. The molecule has 0 saturated heterocycles. The van der Waals surface area contributed by atoms with E-state index in [2.05, 4.69) is 15.6 Å². The molecule has 0 spiro atoms. The number of carbonyl (C=O) groups is 2. The molecule has 3 aromatic rings. The molecule has 1 aliphatic rings. The van der Waals surface area contributed by atoms with Gasteiger partial charge in [-0.15, -0.1) is 0 Å². The van der Waals surface area contributed by atoms with Crippen LogP contribution in [0.5, 0.6) is 0 Å². The van der Waals surface area contributed by atoms with Crippen LogP contribution >= 0.6 is 11.6 Å². The molecule has 28 heavy (non-hydrogen) atoms. The first kappa shape index (κ1) is 18.5. The van der Waals surface area contributed by atoms with E-state index in [0.29, 0.717) is 17.1 Å². The van der Waals surface area contributed by atoms with Gasteiger partial charge in [-0.1, -0.05) is 42.6 Å². The highest BCUT2D eigenvalue weighted by atomic mass is 35.5. The van der Waals surface area contributed by atoms with Gasteiger partial charge in [0.15, 0.2) is 5.69 Å². The average molecular weight is 397 g/mol. The molecular weight excluding hydrogens is 376 g/mol. The summed E-state index contributed by atoms with van der Waals surface area (Å²) in [6.07, 6.45) is 5.99. The van der Waals surface area contributed by atoms with Crippen molar-refractivity contribution in [2.45, 2.75) is 38.3 Å². The minimum Gasteiger partial charge on any atom is -0.348 e. The fraction of sp³-hybridized carbons (Fsp3) is 0.286. The molecule has 0 radical (unpaired) electrons. The van der Waals surface area contributed by atoms with Crippen molar-refractivity contribution in [1.29, 1.82) is 0 Å². The molecule has 1 saturated carbocycles. The van der Waals surface area contributed by atoms with Gasteiger partial charge in [-0.25, -0.2) is 4.98 Å². The number of fused-ring (bicyclic) bond motifs is 1. The van der Waals surface area contributed by atoms with E-state index >= 15 is 0 Å². The quantitative estimate of drug-likeness (QED) is 0.692. The topological polar surface area (TPSA) is 75.5 Å². The number of nitrogens with zero attached hydrogens (tertiary/aromatic N) is 2. The highest BCUT2D eigenvalue weighted by molar-refractivity contribution is 6.30. The molecule has 1 fully saturated rings. The minimum atomic E-state index is -0.337. The predicted molar refractivity (Wildman–Crippen MR) is 108 cm³/mol. The Hall–Kier alpha value is -2.86. The number of hydrogen-bond donors (Lipinski definition) is 2. The summed E-state index contributed by atoms with van der Waals surface area (Å²) in [7, 11) is 0. The molecule has 0 bridgehead atoms. The summed E-state index contributed by atoms with van der Waals surface area (Å²) in [5.74, 6) is -0.371. The van der Waals surface area contributed by atoms with Gasteiger partial charge in [0, 0.05) is 23.8 Å². The SMILES string of the molecule is O=C(NC1CCCC1)c1nc(C(=O)NCc2ccc(Cl)cc2)n2ccccc12. The zero-order valence-corrected chi connectivity index (χ0v) is 16.1. The van der Waals surface area contributed by atoms with Crippen LogP contribution in [0.4, 0.5) is 0 Å². The Bertz CT molecular complexity index is 1010. The van der Waals surface area contributed by atoms with Crippen LogP contribution < -0.4 is 10.6 Å². The van der Waals surface area contributed by atoms with Gasteiger partial charge in [0.05, 0.1) is 5.52 Å². The van der Waals surface area contributed by atoms with Crippen molar-refractivity contribution in [2.24, 2.45) is 0 Å². The standard InChI is InChI=1S/C21H21ClN4O2/c22-15-10-8-14(9-11-15)13-23-21(28)19-25-18(17-7-3-4-12-26(17)19)20(27)24-16-5-1-2-6-16/h3-4,7-12,16H,1-2,5-6,13H2,(H,23,28)(H,24,27). The first-order valence-corrected chi connectivity index (χ1v) is 9.80. The number of amides is 2. The van der Waals surface area contributed by atoms with Crippen molar-refractivity contribution >= 4 is 28.9 Å². The first-order valence-electron chi connectivity index (χ1n) is 9.42. The average Bonchev–Trinajstić information content (AvgIpc) is 3.35. The Balaban J connectivity index is 1.55. The number of nitrogens with one attached hydrogen (secondary N) is 2. The fourth-order valence-corrected chi connectivity index (χ4v) is 3.68. The lowest BCUT2D eigenvalue weighted by atomic mass is 10.2. The summed E-state index contributed by atoms with van der Waals surface area (Å²) in [6.45, 7) is 0.349. The molecule has 2 aromatic heterocycles. The Labute approximate surface area is 167 Å². The summed E-state index contributed by atoms with van der Waals surface area (Å²) in [6, 6.07) is 12.9. The molecule has 144 valence electrons. The van der Waals surface area contributed by atoms with Crippen LogP contribution in [0.15, 0.2) is 48.7 Å². The molecule has 2 N–H and O–H groups in total.